The Hall–Kier alpha value is -0.780. The summed E-state index contributed by atoms with van der Waals surface area (Å²) in [6.45, 7) is 6.08. The molecule has 6 heteroatoms. The molecule has 0 N–H and O–H groups in total. The summed E-state index contributed by atoms with van der Waals surface area (Å²) in [5.41, 5.74) is 0.671. The second-order valence-electron chi connectivity index (χ2n) is 5.61. The van der Waals surface area contributed by atoms with Gasteiger partial charge in [-0.15, -0.1) is 11.6 Å². The zero-order valence-electron chi connectivity index (χ0n) is 13.3. The zero-order chi connectivity index (χ0) is 16.2. The summed E-state index contributed by atoms with van der Waals surface area (Å²) in [6.07, 6.45) is 0.814. The van der Waals surface area contributed by atoms with Crippen LogP contribution in [0.3, 0.4) is 0 Å². The van der Waals surface area contributed by atoms with Gasteiger partial charge in [0.15, 0.2) is 0 Å². The molecule has 1 unspecified atom stereocenters. The van der Waals surface area contributed by atoms with E-state index in [-0.39, 0.29) is 16.8 Å². The van der Waals surface area contributed by atoms with Gasteiger partial charge in [0.2, 0.25) is 10.0 Å². The Balaban J connectivity index is 3.13. The summed E-state index contributed by atoms with van der Waals surface area (Å²) < 4.78 is 31.9. The number of hydrogen-bond donors (Lipinski definition) is 0. The molecule has 0 aliphatic carbocycles. The van der Waals surface area contributed by atoms with E-state index in [1.165, 1.54) is 11.4 Å². The van der Waals surface area contributed by atoms with Gasteiger partial charge in [0.25, 0.3) is 0 Å². The number of rotatable bonds is 7. The molecule has 1 aromatic carbocycles. The molecule has 0 saturated carbocycles. The molecule has 0 radical (unpaired) electrons. The van der Waals surface area contributed by atoms with Crippen molar-refractivity contribution in [1.29, 1.82) is 0 Å². The minimum absolute atomic E-state index is 0.0587. The zero-order valence-corrected chi connectivity index (χ0v) is 14.8. The summed E-state index contributed by atoms with van der Waals surface area (Å²) in [7, 11) is -0.366. The van der Waals surface area contributed by atoms with Crippen molar-refractivity contribution in [3.05, 3.63) is 23.8 Å². The SMILES string of the molecule is COc1ccc(S(=O)(=O)N(C)C(C)CC(C)C)cc1CCl. The molecule has 1 atom stereocenters. The van der Waals surface area contributed by atoms with Gasteiger partial charge < -0.3 is 4.74 Å². The number of ether oxygens (including phenoxy) is 1. The smallest absolute Gasteiger partial charge is 0.243 e. The average Bonchev–Trinajstić information content (AvgIpc) is 2.44. The highest BCUT2D eigenvalue weighted by Gasteiger charge is 2.26. The molecule has 0 saturated heterocycles. The van der Waals surface area contributed by atoms with Gasteiger partial charge in [-0.05, 0) is 37.5 Å². The first-order chi connectivity index (χ1) is 9.73. The van der Waals surface area contributed by atoms with Gasteiger partial charge in [0.1, 0.15) is 5.75 Å². The Morgan fingerprint density at radius 1 is 1.29 bits per heavy atom. The topological polar surface area (TPSA) is 46.6 Å². The van der Waals surface area contributed by atoms with Crippen LogP contribution in [0.15, 0.2) is 23.1 Å². The third kappa shape index (κ3) is 4.34. The van der Waals surface area contributed by atoms with E-state index in [0.717, 1.165) is 6.42 Å². The normalized spacial score (nSPS) is 13.7. The fourth-order valence-corrected chi connectivity index (χ4v) is 3.89. The van der Waals surface area contributed by atoms with Crippen molar-refractivity contribution in [2.24, 2.45) is 5.92 Å². The molecule has 0 aliphatic heterocycles. The summed E-state index contributed by atoms with van der Waals surface area (Å²) >= 11 is 5.86. The molecule has 0 amide bonds. The fraction of sp³-hybridized carbons (Fsp3) is 0.600. The Kier molecular flexibility index (Phi) is 6.50. The molecule has 1 aromatic rings. The minimum Gasteiger partial charge on any atom is -0.496 e. The highest BCUT2D eigenvalue weighted by atomic mass is 35.5. The number of hydrogen-bond acceptors (Lipinski definition) is 3. The Morgan fingerprint density at radius 2 is 1.90 bits per heavy atom. The van der Waals surface area contributed by atoms with E-state index in [4.69, 9.17) is 16.3 Å². The lowest BCUT2D eigenvalue weighted by Crippen LogP contribution is -2.35. The molecular formula is C15H24ClNO3S. The third-order valence-electron chi connectivity index (χ3n) is 3.51. The van der Waals surface area contributed by atoms with Crippen molar-refractivity contribution in [1.82, 2.24) is 4.31 Å². The molecule has 0 bridgehead atoms. The lowest BCUT2D eigenvalue weighted by Gasteiger charge is -2.26. The molecule has 0 spiro atoms. The van der Waals surface area contributed by atoms with E-state index < -0.39 is 10.0 Å². The Labute approximate surface area is 133 Å². The number of sulfonamides is 1. The van der Waals surface area contributed by atoms with Crippen molar-refractivity contribution < 1.29 is 13.2 Å². The van der Waals surface area contributed by atoms with Crippen LogP contribution in [0.2, 0.25) is 0 Å². The van der Waals surface area contributed by atoms with E-state index in [2.05, 4.69) is 13.8 Å². The van der Waals surface area contributed by atoms with Crippen LogP contribution in [0.1, 0.15) is 32.8 Å². The standard InChI is InChI=1S/C15H24ClNO3S/c1-11(2)8-12(3)17(4)21(18,19)14-6-7-15(20-5)13(9-14)10-16/h6-7,9,11-12H,8,10H2,1-5H3. The quantitative estimate of drug-likeness (QED) is 0.717. The molecule has 0 fully saturated rings. The summed E-state index contributed by atoms with van der Waals surface area (Å²) in [5.74, 6) is 1.24. The fourth-order valence-electron chi connectivity index (χ4n) is 2.25. The van der Waals surface area contributed by atoms with Crippen LogP contribution in [0, 0.1) is 5.92 Å². The second kappa shape index (κ2) is 7.47. The minimum atomic E-state index is -3.52. The van der Waals surface area contributed by atoms with Crippen molar-refractivity contribution >= 4 is 21.6 Å². The highest BCUT2D eigenvalue weighted by molar-refractivity contribution is 7.89. The van der Waals surface area contributed by atoms with E-state index >= 15 is 0 Å². The largest absolute Gasteiger partial charge is 0.496 e. The number of alkyl halides is 1. The van der Waals surface area contributed by atoms with Crippen LogP contribution in [0.5, 0.6) is 5.75 Å². The maximum Gasteiger partial charge on any atom is 0.243 e. The molecule has 1 rings (SSSR count). The first kappa shape index (κ1) is 18.3. The van der Waals surface area contributed by atoms with E-state index in [0.29, 0.717) is 17.2 Å². The number of nitrogens with zero attached hydrogens (tertiary/aromatic N) is 1. The van der Waals surface area contributed by atoms with Crippen LogP contribution >= 0.6 is 11.6 Å². The summed E-state index contributed by atoms with van der Waals surface area (Å²) in [4.78, 5) is 0.247. The van der Waals surface area contributed by atoms with Gasteiger partial charge in [-0.25, -0.2) is 8.42 Å². The van der Waals surface area contributed by atoms with E-state index in [1.54, 1.807) is 25.2 Å². The van der Waals surface area contributed by atoms with Gasteiger partial charge in [-0.3, -0.25) is 0 Å². The number of halogens is 1. The first-order valence-corrected chi connectivity index (χ1v) is 8.92. The molecule has 4 nitrogen and oxygen atoms in total. The third-order valence-corrected chi connectivity index (χ3v) is 5.76. The monoisotopic (exact) mass is 333 g/mol. The molecule has 0 heterocycles. The number of benzene rings is 1. The Bertz CT molecular complexity index is 572. The average molecular weight is 334 g/mol. The van der Waals surface area contributed by atoms with Crippen LogP contribution in [0.25, 0.3) is 0 Å². The van der Waals surface area contributed by atoms with Crippen molar-refractivity contribution in [3.8, 4) is 5.75 Å². The first-order valence-electron chi connectivity index (χ1n) is 6.95. The van der Waals surface area contributed by atoms with Crippen molar-refractivity contribution in [2.75, 3.05) is 14.2 Å². The highest BCUT2D eigenvalue weighted by Crippen LogP contribution is 2.26. The van der Waals surface area contributed by atoms with E-state index in [9.17, 15) is 8.42 Å². The summed E-state index contributed by atoms with van der Waals surface area (Å²) in [5, 5.41) is 0. The van der Waals surface area contributed by atoms with Crippen LogP contribution in [0.4, 0.5) is 0 Å². The van der Waals surface area contributed by atoms with Gasteiger partial charge in [-0.1, -0.05) is 13.8 Å². The predicted molar refractivity (Wildman–Crippen MR) is 86.4 cm³/mol. The van der Waals surface area contributed by atoms with E-state index in [1.807, 2.05) is 6.92 Å². The molecule has 21 heavy (non-hydrogen) atoms. The van der Waals surface area contributed by atoms with Gasteiger partial charge in [-0.2, -0.15) is 4.31 Å². The van der Waals surface area contributed by atoms with Crippen LogP contribution in [-0.4, -0.2) is 32.9 Å². The molecule has 120 valence electrons. The van der Waals surface area contributed by atoms with Crippen molar-refractivity contribution in [3.63, 3.8) is 0 Å². The lowest BCUT2D eigenvalue weighted by atomic mass is 10.1. The van der Waals surface area contributed by atoms with Gasteiger partial charge in [0, 0.05) is 18.7 Å². The lowest BCUT2D eigenvalue weighted by molar-refractivity contribution is 0.337. The van der Waals surface area contributed by atoms with Crippen LogP contribution < -0.4 is 4.74 Å². The number of methoxy groups -OCH3 is 1. The van der Waals surface area contributed by atoms with Crippen LogP contribution in [-0.2, 0) is 15.9 Å². The maximum absolute atomic E-state index is 12.7. The Morgan fingerprint density at radius 3 is 2.38 bits per heavy atom. The predicted octanol–water partition coefficient (Wildman–Crippen LogP) is 3.49. The second-order valence-corrected chi connectivity index (χ2v) is 7.87. The maximum atomic E-state index is 12.7. The molecular weight excluding hydrogens is 310 g/mol. The summed E-state index contributed by atoms with van der Waals surface area (Å²) in [6, 6.07) is 4.73. The van der Waals surface area contributed by atoms with Gasteiger partial charge in [0.05, 0.1) is 17.9 Å². The van der Waals surface area contributed by atoms with Gasteiger partial charge >= 0.3 is 0 Å². The molecule has 0 aromatic heterocycles. The molecule has 0 aliphatic rings. The van der Waals surface area contributed by atoms with Crippen molar-refractivity contribution in [2.45, 2.75) is 44.0 Å².